The Morgan fingerprint density at radius 2 is 1.82 bits per heavy atom. The lowest BCUT2D eigenvalue weighted by Gasteiger charge is -2.47. The number of likely N-dealkylation sites (tertiary alicyclic amines) is 1. The van der Waals surface area contributed by atoms with Crippen molar-refractivity contribution in [2.24, 2.45) is 0 Å². The fourth-order valence-electron chi connectivity index (χ4n) is 3.10. The van der Waals surface area contributed by atoms with Crippen LogP contribution < -0.4 is 5.32 Å². The van der Waals surface area contributed by atoms with Crippen molar-refractivity contribution in [3.05, 3.63) is 29.3 Å². The monoisotopic (exact) mass is 302 g/mol. The molecule has 2 saturated heterocycles. The summed E-state index contributed by atoms with van der Waals surface area (Å²) in [5, 5.41) is 3.04. The molecule has 0 bridgehead atoms. The smallest absolute Gasteiger partial charge is 0.321 e. The van der Waals surface area contributed by atoms with Gasteiger partial charge >= 0.3 is 6.03 Å². The largest absolute Gasteiger partial charge is 0.321 e. The standard InChI is InChI=1S/C17H26N4O/c1-13-4-5-14(2)16(10-13)18-17(22)21-11-15(12-21)20-8-6-19(3)7-9-20/h4-5,10,15H,6-9,11-12H2,1-3H3,(H,18,22). The van der Waals surface area contributed by atoms with Crippen LogP contribution in [0, 0.1) is 13.8 Å². The predicted octanol–water partition coefficient (Wildman–Crippen LogP) is 1.77. The highest BCUT2D eigenvalue weighted by molar-refractivity contribution is 5.90. The van der Waals surface area contributed by atoms with Gasteiger partial charge in [0.25, 0.3) is 0 Å². The first-order valence-electron chi connectivity index (χ1n) is 8.09. The van der Waals surface area contributed by atoms with E-state index in [-0.39, 0.29) is 6.03 Å². The summed E-state index contributed by atoms with van der Waals surface area (Å²) in [6.07, 6.45) is 0. The number of nitrogens with zero attached hydrogens (tertiary/aromatic N) is 3. The van der Waals surface area contributed by atoms with Crippen molar-refractivity contribution in [3.8, 4) is 0 Å². The Bertz CT molecular complexity index is 546. The fourth-order valence-corrected chi connectivity index (χ4v) is 3.10. The Morgan fingerprint density at radius 1 is 1.14 bits per heavy atom. The second-order valence-corrected chi connectivity index (χ2v) is 6.65. The van der Waals surface area contributed by atoms with Gasteiger partial charge < -0.3 is 15.1 Å². The van der Waals surface area contributed by atoms with Gasteiger partial charge in [0.1, 0.15) is 0 Å². The van der Waals surface area contributed by atoms with E-state index < -0.39 is 0 Å². The maximum Gasteiger partial charge on any atom is 0.321 e. The first-order valence-corrected chi connectivity index (χ1v) is 8.09. The highest BCUT2D eigenvalue weighted by atomic mass is 16.2. The number of urea groups is 1. The van der Waals surface area contributed by atoms with E-state index in [1.165, 1.54) is 5.56 Å². The first kappa shape index (κ1) is 15.3. The maximum atomic E-state index is 12.3. The van der Waals surface area contributed by atoms with Crippen molar-refractivity contribution in [1.82, 2.24) is 14.7 Å². The Kier molecular flexibility index (Phi) is 4.36. The van der Waals surface area contributed by atoms with Crippen molar-refractivity contribution < 1.29 is 4.79 Å². The van der Waals surface area contributed by atoms with Crippen LogP contribution in [0.25, 0.3) is 0 Å². The lowest BCUT2D eigenvalue weighted by atomic mass is 10.1. The molecule has 22 heavy (non-hydrogen) atoms. The zero-order valence-electron chi connectivity index (χ0n) is 13.8. The van der Waals surface area contributed by atoms with Crippen LogP contribution in [0.3, 0.4) is 0 Å². The van der Waals surface area contributed by atoms with E-state index >= 15 is 0 Å². The van der Waals surface area contributed by atoms with Gasteiger partial charge in [-0.25, -0.2) is 4.79 Å². The normalized spacial score (nSPS) is 20.8. The van der Waals surface area contributed by atoms with Crippen LogP contribution in [0.2, 0.25) is 0 Å². The van der Waals surface area contributed by atoms with E-state index in [2.05, 4.69) is 28.2 Å². The number of nitrogens with one attached hydrogen (secondary N) is 1. The third-order valence-electron chi connectivity index (χ3n) is 4.84. The number of piperazine rings is 1. The van der Waals surface area contributed by atoms with Gasteiger partial charge in [-0.2, -0.15) is 0 Å². The zero-order valence-corrected chi connectivity index (χ0v) is 13.8. The molecule has 0 aromatic heterocycles. The van der Waals surface area contributed by atoms with Crippen LogP contribution >= 0.6 is 0 Å². The molecule has 120 valence electrons. The zero-order chi connectivity index (χ0) is 15.7. The summed E-state index contributed by atoms with van der Waals surface area (Å²) >= 11 is 0. The molecule has 2 aliphatic rings. The van der Waals surface area contributed by atoms with Gasteiger partial charge in [-0.3, -0.25) is 4.90 Å². The summed E-state index contributed by atoms with van der Waals surface area (Å²) in [5.41, 5.74) is 3.20. The third kappa shape index (κ3) is 3.25. The Balaban J connectivity index is 1.50. The quantitative estimate of drug-likeness (QED) is 0.905. The number of hydrogen-bond acceptors (Lipinski definition) is 3. The van der Waals surface area contributed by atoms with Gasteiger partial charge in [-0.15, -0.1) is 0 Å². The lowest BCUT2D eigenvalue weighted by molar-refractivity contribution is 0.0318. The number of carbonyl (C=O) groups excluding carboxylic acids is 1. The average molecular weight is 302 g/mol. The molecule has 0 saturated carbocycles. The van der Waals surface area contributed by atoms with E-state index in [0.29, 0.717) is 6.04 Å². The molecule has 2 amide bonds. The predicted molar refractivity (Wildman–Crippen MR) is 89.4 cm³/mol. The van der Waals surface area contributed by atoms with Crippen LogP contribution in [-0.4, -0.2) is 73.1 Å². The molecule has 5 nitrogen and oxygen atoms in total. The lowest BCUT2D eigenvalue weighted by Crippen LogP contribution is -2.64. The van der Waals surface area contributed by atoms with Crippen molar-refractivity contribution >= 4 is 11.7 Å². The molecule has 5 heteroatoms. The summed E-state index contributed by atoms with van der Waals surface area (Å²) < 4.78 is 0. The summed E-state index contributed by atoms with van der Waals surface area (Å²) in [5.74, 6) is 0. The molecule has 0 unspecified atom stereocenters. The van der Waals surface area contributed by atoms with Crippen LogP contribution in [0.4, 0.5) is 10.5 Å². The molecule has 1 N–H and O–H groups in total. The molecule has 0 atom stereocenters. The SMILES string of the molecule is Cc1ccc(C)c(NC(=O)N2CC(N3CCN(C)CC3)C2)c1. The van der Waals surface area contributed by atoms with Crippen LogP contribution in [0.15, 0.2) is 18.2 Å². The Hall–Kier alpha value is -1.59. The van der Waals surface area contributed by atoms with E-state index in [0.717, 1.165) is 50.5 Å². The number of rotatable bonds is 2. The molecule has 0 radical (unpaired) electrons. The van der Waals surface area contributed by atoms with Crippen LogP contribution in [-0.2, 0) is 0 Å². The number of likely N-dealkylation sites (N-methyl/N-ethyl adjacent to an activating group) is 1. The molecule has 2 fully saturated rings. The Labute approximate surface area is 132 Å². The highest BCUT2D eigenvalue weighted by Crippen LogP contribution is 2.20. The highest BCUT2D eigenvalue weighted by Gasteiger charge is 2.35. The van der Waals surface area contributed by atoms with Gasteiger partial charge in [0.05, 0.1) is 0 Å². The van der Waals surface area contributed by atoms with E-state index in [4.69, 9.17) is 0 Å². The summed E-state index contributed by atoms with van der Waals surface area (Å²) in [7, 11) is 2.17. The molecule has 2 heterocycles. The summed E-state index contributed by atoms with van der Waals surface area (Å²) in [6, 6.07) is 6.72. The van der Waals surface area contributed by atoms with E-state index in [1.807, 2.05) is 30.9 Å². The second kappa shape index (κ2) is 6.26. The molecule has 2 aliphatic heterocycles. The number of aryl methyl sites for hydroxylation is 2. The number of benzene rings is 1. The van der Waals surface area contributed by atoms with E-state index in [1.54, 1.807) is 0 Å². The molecule has 0 aliphatic carbocycles. The van der Waals surface area contributed by atoms with Crippen LogP contribution in [0.5, 0.6) is 0 Å². The number of amides is 2. The van der Waals surface area contributed by atoms with Crippen molar-refractivity contribution in [1.29, 1.82) is 0 Å². The molecule has 1 aromatic carbocycles. The van der Waals surface area contributed by atoms with E-state index in [9.17, 15) is 4.79 Å². The second-order valence-electron chi connectivity index (χ2n) is 6.65. The summed E-state index contributed by atoms with van der Waals surface area (Å²) in [4.78, 5) is 19.1. The topological polar surface area (TPSA) is 38.8 Å². The molecular formula is C17H26N4O. The fraction of sp³-hybridized carbons (Fsp3) is 0.588. The minimum Gasteiger partial charge on any atom is -0.321 e. The van der Waals surface area contributed by atoms with Gasteiger partial charge in [0.15, 0.2) is 0 Å². The molecular weight excluding hydrogens is 276 g/mol. The summed E-state index contributed by atoms with van der Waals surface area (Å²) in [6.45, 7) is 10.3. The van der Waals surface area contributed by atoms with Gasteiger partial charge in [-0.05, 0) is 38.1 Å². The van der Waals surface area contributed by atoms with Crippen molar-refractivity contribution in [3.63, 3.8) is 0 Å². The van der Waals surface area contributed by atoms with Gasteiger partial charge in [-0.1, -0.05) is 12.1 Å². The van der Waals surface area contributed by atoms with Gasteiger partial charge in [0, 0.05) is 51.0 Å². The minimum atomic E-state index is 0.0269. The minimum absolute atomic E-state index is 0.0269. The first-order chi connectivity index (χ1) is 10.5. The number of carbonyl (C=O) groups is 1. The van der Waals surface area contributed by atoms with Crippen molar-refractivity contribution in [2.45, 2.75) is 19.9 Å². The molecule has 3 rings (SSSR count). The molecule has 0 spiro atoms. The van der Waals surface area contributed by atoms with Crippen LogP contribution in [0.1, 0.15) is 11.1 Å². The molecule has 1 aromatic rings. The third-order valence-corrected chi connectivity index (χ3v) is 4.84. The number of anilines is 1. The number of hydrogen-bond donors (Lipinski definition) is 1. The Morgan fingerprint density at radius 3 is 2.50 bits per heavy atom. The maximum absolute atomic E-state index is 12.3. The van der Waals surface area contributed by atoms with Crippen molar-refractivity contribution in [2.75, 3.05) is 51.6 Å². The van der Waals surface area contributed by atoms with Gasteiger partial charge in [0.2, 0.25) is 0 Å². The average Bonchev–Trinajstić information content (AvgIpc) is 2.43.